The Bertz CT molecular complexity index is 1100. The molecule has 0 amide bonds. The maximum Gasteiger partial charge on any atom is 0.264 e. The molecule has 0 atom stereocenters. The van der Waals surface area contributed by atoms with E-state index in [0.29, 0.717) is 16.4 Å². The van der Waals surface area contributed by atoms with Crippen molar-refractivity contribution >= 4 is 39.0 Å². The Balaban J connectivity index is 1.97. The Hall–Kier alpha value is -2.16. The Kier molecular flexibility index (Phi) is 4.92. The second-order valence-electron chi connectivity index (χ2n) is 5.74. The number of halogens is 2. The van der Waals surface area contributed by atoms with Crippen LogP contribution >= 0.6 is 23.2 Å². The summed E-state index contributed by atoms with van der Waals surface area (Å²) in [6.07, 6.45) is 1.26. The van der Waals surface area contributed by atoms with Crippen molar-refractivity contribution in [2.24, 2.45) is 0 Å². The average molecular weight is 412 g/mol. The largest absolute Gasteiger partial charge is 0.264 e. The van der Waals surface area contributed by atoms with Gasteiger partial charge in [0.25, 0.3) is 10.0 Å². The molecule has 0 radical (unpaired) electrons. The molecule has 3 rings (SSSR count). The Morgan fingerprint density at radius 2 is 1.73 bits per heavy atom. The van der Waals surface area contributed by atoms with Crippen LogP contribution < -0.4 is 4.72 Å². The van der Waals surface area contributed by atoms with Crippen LogP contribution in [0.1, 0.15) is 17.0 Å². The second-order valence-corrected chi connectivity index (χ2v) is 8.20. The molecule has 1 aromatic carbocycles. The minimum Gasteiger partial charge on any atom is -0.263 e. The third-order valence-corrected chi connectivity index (χ3v) is 5.85. The van der Waals surface area contributed by atoms with Crippen LogP contribution in [-0.4, -0.2) is 28.2 Å². The molecule has 2 heterocycles. The maximum atomic E-state index is 12.7. The molecule has 0 aliphatic rings. The van der Waals surface area contributed by atoms with Crippen molar-refractivity contribution in [1.82, 2.24) is 19.7 Å². The maximum absolute atomic E-state index is 12.7. The van der Waals surface area contributed by atoms with E-state index in [9.17, 15) is 8.42 Å². The van der Waals surface area contributed by atoms with E-state index in [4.69, 9.17) is 23.2 Å². The van der Waals surface area contributed by atoms with Crippen molar-refractivity contribution in [3.8, 4) is 5.82 Å². The van der Waals surface area contributed by atoms with Gasteiger partial charge >= 0.3 is 0 Å². The first-order valence-corrected chi connectivity index (χ1v) is 9.75. The van der Waals surface area contributed by atoms with Gasteiger partial charge < -0.3 is 0 Å². The number of anilines is 1. The number of hydrogen-bond acceptors (Lipinski definition) is 5. The summed E-state index contributed by atoms with van der Waals surface area (Å²) in [5.41, 5.74) is 2.29. The third kappa shape index (κ3) is 3.67. The molecule has 0 bridgehead atoms. The highest BCUT2D eigenvalue weighted by Gasteiger charge is 2.20. The van der Waals surface area contributed by atoms with Gasteiger partial charge in [-0.2, -0.15) is 5.10 Å². The number of rotatable bonds is 4. The highest BCUT2D eigenvalue weighted by Crippen LogP contribution is 2.29. The van der Waals surface area contributed by atoms with E-state index in [1.807, 2.05) is 19.9 Å². The Labute approximate surface area is 161 Å². The summed E-state index contributed by atoms with van der Waals surface area (Å²) in [5.74, 6) is 0.549. The summed E-state index contributed by atoms with van der Waals surface area (Å²) in [4.78, 5) is 8.03. The first-order chi connectivity index (χ1) is 12.2. The Morgan fingerprint density at radius 3 is 2.38 bits per heavy atom. The zero-order valence-electron chi connectivity index (χ0n) is 14.2. The first-order valence-electron chi connectivity index (χ1n) is 7.51. The molecule has 0 aliphatic carbocycles. The van der Waals surface area contributed by atoms with Crippen molar-refractivity contribution in [2.45, 2.75) is 25.7 Å². The molecule has 1 N–H and O–H groups in total. The number of benzene rings is 1. The smallest absolute Gasteiger partial charge is 0.263 e. The number of nitrogens with one attached hydrogen (secondary N) is 1. The van der Waals surface area contributed by atoms with E-state index in [-0.39, 0.29) is 15.7 Å². The minimum atomic E-state index is -3.95. The van der Waals surface area contributed by atoms with E-state index in [1.54, 1.807) is 11.6 Å². The van der Waals surface area contributed by atoms with Crippen LogP contribution in [-0.2, 0) is 10.0 Å². The van der Waals surface area contributed by atoms with E-state index < -0.39 is 10.0 Å². The number of nitrogens with zero attached hydrogens (tertiary/aromatic N) is 4. The van der Waals surface area contributed by atoms with Gasteiger partial charge in [0.05, 0.1) is 10.7 Å². The van der Waals surface area contributed by atoms with E-state index in [1.165, 1.54) is 24.5 Å². The van der Waals surface area contributed by atoms with Gasteiger partial charge in [-0.3, -0.25) is 4.72 Å². The highest BCUT2D eigenvalue weighted by molar-refractivity contribution is 7.92. The fraction of sp³-hybridized carbons (Fsp3) is 0.188. The number of aromatic nitrogens is 4. The highest BCUT2D eigenvalue weighted by atomic mass is 35.5. The lowest BCUT2D eigenvalue weighted by molar-refractivity contribution is 0.601. The lowest BCUT2D eigenvalue weighted by atomic mass is 10.2. The molecule has 7 nitrogen and oxygen atoms in total. The predicted octanol–water partition coefficient (Wildman–Crippen LogP) is 3.70. The lowest BCUT2D eigenvalue weighted by Gasteiger charge is -2.11. The SMILES string of the molecule is Cc1cc(C)n(-c2cc(NS(=O)(=O)c3cc(C)c(Cl)cc3Cl)ncn2)n1. The van der Waals surface area contributed by atoms with Crippen LogP contribution in [0.25, 0.3) is 5.82 Å². The molecule has 0 aliphatic heterocycles. The quantitative estimate of drug-likeness (QED) is 0.706. The van der Waals surface area contributed by atoms with Crippen LogP contribution in [0.4, 0.5) is 5.82 Å². The fourth-order valence-electron chi connectivity index (χ4n) is 2.41. The second kappa shape index (κ2) is 6.86. The zero-order chi connectivity index (χ0) is 19.1. The topological polar surface area (TPSA) is 89.8 Å². The number of aryl methyl sites for hydroxylation is 3. The Morgan fingerprint density at radius 1 is 1.00 bits per heavy atom. The standard InChI is InChI=1S/C16H15Cl2N5O2S/c1-9-4-14(13(18)6-12(9)17)26(24,25)22-15-7-16(20-8-19-15)23-11(3)5-10(2)21-23/h4-8H,1-3H3,(H,19,20,22). The van der Waals surface area contributed by atoms with Crippen LogP contribution in [0.3, 0.4) is 0 Å². The molecule has 0 unspecified atom stereocenters. The molecular weight excluding hydrogens is 397 g/mol. The number of hydrogen-bond donors (Lipinski definition) is 1. The van der Waals surface area contributed by atoms with Gasteiger partial charge in [-0.15, -0.1) is 0 Å². The summed E-state index contributed by atoms with van der Waals surface area (Å²) in [6.45, 7) is 5.44. The molecule has 10 heteroatoms. The van der Waals surface area contributed by atoms with Gasteiger partial charge in [0.15, 0.2) is 5.82 Å². The van der Waals surface area contributed by atoms with Crippen LogP contribution in [0, 0.1) is 20.8 Å². The monoisotopic (exact) mass is 411 g/mol. The van der Waals surface area contributed by atoms with Crippen molar-refractivity contribution in [2.75, 3.05) is 4.72 Å². The summed E-state index contributed by atoms with van der Waals surface area (Å²) < 4.78 is 29.4. The van der Waals surface area contributed by atoms with Crippen LogP contribution in [0.5, 0.6) is 0 Å². The van der Waals surface area contributed by atoms with E-state index >= 15 is 0 Å². The normalized spacial score (nSPS) is 11.6. The van der Waals surface area contributed by atoms with Gasteiger partial charge in [-0.05, 0) is 44.5 Å². The molecule has 0 fully saturated rings. The van der Waals surface area contributed by atoms with Gasteiger partial charge in [0, 0.05) is 16.8 Å². The zero-order valence-corrected chi connectivity index (χ0v) is 16.5. The predicted molar refractivity (Wildman–Crippen MR) is 101 cm³/mol. The van der Waals surface area contributed by atoms with E-state index in [2.05, 4.69) is 19.8 Å². The van der Waals surface area contributed by atoms with Crippen molar-refractivity contribution in [3.63, 3.8) is 0 Å². The summed E-state index contributed by atoms with van der Waals surface area (Å²) in [6, 6.07) is 6.19. The molecular formula is C16H15Cl2N5O2S. The first kappa shape index (κ1) is 18.6. The van der Waals surface area contributed by atoms with Gasteiger partial charge in [-0.25, -0.2) is 23.1 Å². The fourth-order valence-corrected chi connectivity index (χ4v) is 4.24. The lowest BCUT2D eigenvalue weighted by Crippen LogP contribution is -2.15. The van der Waals surface area contributed by atoms with Crippen molar-refractivity contribution < 1.29 is 8.42 Å². The number of sulfonamides is 1. The molecule has 0 spiro atoms. The van der Waals surface area contributed by atoms with Crippen LogP contribution in [0.2, 0.25) is 10.0 Å². The summed E-state index contributed by atoms with van der Waals surface area (Å²) >= 11 is 12.0. The molecule has 0 saturated carbocycles. The van der Waals surface area contributed by atoms with Crippen molar-refractivity contribution in [3.05, 3.63) is 57.6 Å². The van der Waals surface area contributed by atoms with Crippen molar-refractivity contribution in [1.29, 1.82) is 0 Å². The summed E-state index contributed by atoms with van der Waals surface area (Å²) in [5, 5.41) is 4.75. The summed E-state index contributed by atoms with van der Waals surface area (Å²) in [7, 11) is -3.95. The minimum absolute atomic E-state index is 0.0286. The molecule has 136 valence electrons. The third-order valence-electron chi connectivity index (χ3n) is 3.62. The molecule has 2 aromatic heterocycles. The molecule has 26 heavy (non-hydrogen) atoms. The van der Waals surface area contributed by atoms with E-state index in [0.717, 1.165) is 11.4 Å². The van der Waals surface area contributed by atoms with Crippen LogP contribution in [0.15, 0.2) is 35.5 Å². The molecule has 0 saturated heterocycles. The van der Waals surface area contributed by atoms with Gasteiger partial charge in [-0.1, -0.05) is 23.2 Å². The van der Waals surface area contributed by atoms with Gasteiger partial charge in [0.2, 0.25) is 0 Å². The average Bonchev–Trinajstić information content (AvgIpc) is 2.89. The molecule has 3 aromatic rings. The van der Waals surface area contributed by atoms with Gasteiger partial charge in [0.1, 0.15) is 17.0 Å².